The number of carbonyl (C=O) groups excluding carboxylic acids is 1. The number of amides is 1. The van der Waals surface area contributed by atoms with Crippen molar-refractivity contribution >= 4 is 5.91 Å². The molecule has 1 aromatic carbocycles. The second-order valence-corrected chi connectivity index (χ2v) is 5.76. The summed E-state index contributed by atoms with van der Waals surface area (Å²) in [6.45, 7) is 3.58. The van der Waals surface area contributed by atoms with Crippen LogP contribution in [0.1, 0.15) is 28.8 Å². The first-order valence-electron chi connectivity index (χ1n) is 7.47. The molecule has 2 aromatic rings. The van der Waals surface area contributed by atoms with Crippen LogP contribution in [0.15, 0.2) is 30.5 Å². The fourth-order valence-corrected chi connectivity index (χ4v) is 2.98. The molecule has 0 atom stereocenters. The lowest BCUT2D eigenvalue weighted by Gasteiger charge is -2.20. The maximum absolute atomic E-state index is 12.6. The molecule has 0 saturated heterocycles. The van der Waals surface area contributed by atoms with Gasteiger partial charge in [-0.2, -0.15) is 5.10 Å². The topological polar surface area (TPSA) is 38.1 Å². The molecule has 0 saturated carbocycles. The van der Waals surface area contributed by atoms with Crippen molar-refractivity contribution in [3.05, 3.63) is 52.8 Å². The number of fused-ring (bicyclic) bond motifs is 1. The Balaban J connectivity index is 1.75. The number of rotatable bonds is 2. The van der Waals surface area contributed by atoms with Crippen molar-refractivity contribution < 1.29 is 4.79 Å². The number of carbonyl (C=O) groups is 1. The molecule has 0 fully saturated rings. The summed E-state index contributed by atoms with van der Waals surface area (Å²) >= 11 is 0. The first-order chi connectivity index (χ1) is 10.1. The van der Waals surface area contributed by atoms with Crippen molar-refractivity contribution in [3.63, 3.8) is 0 Å². The van der Waals surface area contributed by atoms with Gasteiger partial charge in [-0.05, 0) is 30.9 Å². The summed E-state index contributed by atoms with van der Waals surface area (Å²) in [6.07, 6.45) is 4.39. The molecule has 4 nitrogen and oxygen atoms in total. The molecule has 3 rings (SSSR count). The van der Waals surface area contributed by atoms with Gasteiger partial charge in [0.05, 0.1) is 12.6 Å². The lowest BCUT2D eigenvalue weighted by molar-refractivity contribution is -0.131. The fourth-order valence-electron chi connectivity index (χ4n) is 2.98. The largest absolute Gasteiger partial charge is 0.338 e. The van der Waals surface area contributed by atoms with Crippen LogP contribution < -0.4 is 0 Å². The Hall–Kier alpha value is -2.10. The van der Waals surface area contributed by atoms with Gasteiger partial charge in [-0.3, -0.25) is 9.48 Å². The number of hydrogen-bond acceptors (Lipinski definition) is 2. The number of aromatic nitrogens is 2. The van der Waals surface area contributed by atoms with Crippen LogP contribution in [-0.4, -0.2) is 27.1 Å². The zero-order valence-corrected chi connectivity index (χ0v) is 12.7. The molecule has 0 unspecified atom stereocenters. The normalized spacial score (nSPS) is 14.7. The van der Waals surface area contributed by atoms with Crippen LogP contribution in [0, 0.1) is 6.92 Å². The Labute approximate surface area is 125 Å². The number of benzene rings is 1. The Bertz CT molecular complexity index is 660. The van der Waals surface area contributed by atoms with Crippen molar-refractivity contribution in [3.8, 4) is 0 Å². The van der Waals surface area contributed by atoms with Gasteiger partial charge in [-0.25, -0.2) is 0 Å². The van der Waals surface area contributed by atoms with E-state index in [0.29, 0.717) is 13.0 Å². The van der Waals surface area contributed by atoms with Gasteiger partial charge in [0.25, 0.3) is 0 Å². The highest BCUT2D eigenvalue weighted by atomic mass is 16.2. The van der Waals surface area contributed by atoms with Gasteiger partial charge in [0.15, 0.2) is 0 Å². The van der Waals surface area contributed by atoms with Gasteiger partial charge in [0.2, 0.25) is 5.91 Å². The van der Waals surface area contributed by atoms with E-state index in [0.717, 1.165) is 24.9 Å². The Morgan fingerprint density at radius 1 is 1.33 bits per heavy atom. The molecule has 1 aliphatic heterocycles. The Kier molecular flexibility index (Phi) is 3.78. The van der Waals surface area contributed by atoms with E-state index in [1.54, 1.807) is 0 Å². The minimum absolute atomic E-state index is 0.209. The van der Waals surface area contributed by atoms with E-state index in [1.165, 1.54) is 16.8 Å². The summed E-state index contributed by atoms with van der Waals surface area (Å²) in [5, 5.41) is 4.31. The highest BCUT2D eigenvalue weighted by Gasteiger charge is 2.21. The van der Waals surface area contributed by atoms with E-state index in [9.17, 15) is 4.79 Å². The van der Waals surface area contributed by atoms with Crippen molar-refractivity contribution in [1.82, 2.24) is 14.7 Å². The number of aryl methyl sites for hydroxylation is 2. The zero-order chi connectivity index (χ0) is 14.8. The molecule has 0 aliphatic carbocycles. The van der Waals surface area contributed by atoms with Crippen molar-refractivity contribution in [2.75, 3.05) is 6.54 Å². The zero-order valence-electron chi connectivity index (χ0n) is 12.7. The molecule has 1 aliphatic rings. The van der Waals surface area contributed by atoms with E-state index in [4.69, 9.17) is 0 Å². The van der Waals surface area contributed by atoms with Crippen LogP contribution in [0.25, 0.3) is 0 Å². The van der Waals surface area contributed by atoms with E-state index < -0.39 is 0 Å². The standard InChI is InChI=1S/C17H21N3O/c1-13-6-3-4-7-14(13)10-17(21)20-9-5-8-16-15(12-20)11-18-19(16)2/h3-4,6-7,11H,5,8-10,12H2,1-2H3. The van der Waals surface area contributed by atoms with Crippen LogP contribution in [-0.2, 0) is 31.2 Å². The molecule has 0 radical (unpaired) electrons. The van der Waals surface area contributed by atoms with Gasteiger partial charge in [-0.1, -0.05) is 24.3 Å². The first kappa shape index (κ1) is 13.9. The van der Waals surface area contributed by atoms with Crippen LogP contribution in [0.2, 0.25) is 0 Å². The highest BCUT2D eigenvalue weighted by molar-refractivity contribution is 5.79. The van der Waals surface area contributed by atoms with Gasteiger partial charge in [-0.15, -0.1) is 0 Å². The molecule has 4 heteroatoms. The molecule has 21 heavy (non-hydrogen) atoms. The summed E-state index contributed by atoms with van der Waals surface area (Å²) in [6, 6.07) is 8.11. The minimum atomic E-state index is 0.209. The molecular weight excluding hydrogens is 262 g/mol. The quantitative estimate of drug-likeness (QED) is 0.848. The lowest BCUT2D eigenvalue weighted by atomic mass is 10.1. The van der Waals surface area contributed by atoms with E-state index in [-0.39, 0.29) is 5.91 Å². The molecule has 0 N–H and O–H groups in total. The van der Waals surface area contributed by atoms with E-state index >= 15 is 0 Å². The van der Waals surface area contributed by atoms with E-state index in [2.05, 4.69) is 18.1 Å². The SMILES string of the molecule is Cc1ccccc1CC(=O)N1CCCc2c(cnn2C)C1. The van der Waals surface area contributed by atoms with E-state index in [1.807, 2.05) is 41.0 Å². The molecule has 0 bridgehead atoms. The summed E-state index contributed by atoms with van der Waals surface area (Å²) < 4.78 is 1.94. The van der Waals surface area contributed by atoms with Crippen LogP contribution in [0.4, 0.5) is 0 Å². The summed E-state index contributed by atoms with van der Waals surface area (Å²) in [5.74, 6) is 0.209. The van der Waals surface area contributed by atoms with Gasteiger partial charge >= 0.3 is 0 Å². The van der Waals surface area contributed by atoms with Crippen molar-refractivity contribution in [2.45, 2.75) is 32.7 Å². The third-order valence-electron chi connectivity index (χ3n) is 4.31. The molecule has 2 heterocycles. The summed E-state index contributed by atoms with van der Waals surface area (Å²) in [7, 11) is 1.98. The van der Waals surface area contributed by atoms with Crippen LogP contribution in [0.3, 0.4) is 0 Å². The maximum atomic E-state index is 12.6. The average molecular weight is 283 g/mol. The molecule has 0 spiro atoms. The average Bonchev–Trinajstić information content (AvgIpc) is 2.71. The molecule has 1 aromatic heterocycles. The predicted molar refractivity (Wildman–Crippen MR) is 81.8 cm³/mol. The molecule has 110 valence electrons. The second kappa shape index (κ2) is 5.72. The Morgan fingerprint density at radius 2 is 2.14 bits per heavy atom. The predicted octanol–water partition coefficient (Wildman–Crippen LogP) is 2.25. The number of hydrogen-bond donors (Lipinski definition) is 0. The monoisotopic (exact) mass is 283 g/mol. The van der Waals surface area contributed by atoms with Crippen molar-refractivity contribution in [1.29, 1.82) is 0 Å². The smallest absolute Gasteiger partial charge is 0.227 e. The van der Waals surface area contributed by atoms with Gasteiger partial charge in [0.1, 0.15) is 0 Å². The maximum Gasteiger partial charge on any atom is 0.227 e. The van der Waals surface area contributed by atoms with Gasteiger partial charge in [0, 0.05) is 31.4 Å². The molecular formula is C17H21N3O. The van der Waals surface area contributed by atoms with Crippen LogP contribution >= 0.6 is 0 Å². The highest BCUT2D eigenvalue weighted by Crippen LogP contribution is 2.19. The third kappa shape index (κ3) is 2.84. The first-order valence-corrected chi connectivity index (χ1v) is 7.47. The second-order valence-electron chi connectivity index (χ2n) is 5.76. The number of nitrogens with zero attached hydrogens (tertiary/aromatic N) is 3. The summed E-state index contributed by atoms with van der Waals surface area (Å²) in [4.78, 5) is 14.6. The summed E-state index contributed by atoms with van der Waals surface area (Å²) in [5.41, 5.74) is 4.76. The van der Waals surface area contributed by atoms with Crippen LogP contribution in [0.5, 0.6) is 0 Å². The minimum Gasteiger partial charge on any atom is -0.338 e. The molecule has 1 amide bonds. The lowest BCUT2D eigenvalue weighted by Crippen LogP contribution is -2.32. The third-order valence-corrected chi connectivity index (χ3v) is 4.31. The Morgan fingerprint density at radius 3 is 2.95 bits per heavy atom. The van der Waals surface area contributed by atoms with Crippen molar-refractivity contribution in [2.24, 2.45) is 7.05 Å². The fraction of sp³-hybridized carbons (Fsp3) is 0.412. The van der Waals surface area contributed by atoms with Gasteiger partial charge < -0.3 is 4.90 Å².